The third-order valence-corrected chi connectivity index (χ3v) is 5.01. The van der Waals surface area contributed by atoms with E-state index in [9.17, 15) is 4.79 Å². The van der Waals surface area contributed by atoms with Gasteiger partial charge in [-0.3, -0.25) is 0 Å². The minimum absolute atomic E-state index is 0.347. The van der Waals surface area contributed by atoms with Crippen LogP contribution in [0.25, 0.3) is 22.2 Å². The van der Waals surface area contributed by atoms with E-state index in [-0.39, 0.29) is 0 Å². The molecule has 3 rings (SSSR count). The van der Waals surface area contributed by atoms with E-state index in [0.29, 0.717) is 35.7 Å². The Kier molecular flexibility index (Phi) is 6.85. The second-order valence-corrected chi connectivity index (χ2v) is 7.20. The number of hydrogen-bond acceptors (Lipinski definition) is 5. The molecule has 0 atom stereocenters. The summed E-state index contributed by atoms with van der Waals surface area (Å²) >= 11 is 0. The van der Waals surface area contributed by atoms with Crippen LogP contribution in [0.5, 0.6) is 0 Å². The van der Waals surface area contributed by atoms with E-state index in [4.69, 9.17) is 20.4 Å². The Bertz CT molecular complexity index is 949. The lowest BCUT2D eigenvalue weighted by molar-refractivity contribution is 0.0501. The highest BCUT2D eigenvalue weighted by Gasteiger charge is 2.24. The summed E-state index contributed by atoms with van der Waals surface area (Å²) < 4.78 is 7.43. The Balaban J connectivity index is 1.96. The molecule has 0 aliphatic rings. The highest BCUT2D eigenvalue weighted by Crippen LogP contribution is 2.29. The number of anilines is 1. The van der Waals surface area contributed by atoms with Crippen molar-refractivity contribution in [3.05, 3.63) is 29.8 Å². The number of nitrogens with zero attached hydrogens (tertiary/aromatic N) is 3. The minimum Gasteiger partial charge on any atom is -0.462 e. The van der Waals surface area contributed by atoms with E-state index in [1.165, 1.54) is 0 Å². The van der Waals surface area contributed by atoms with Gasteiger partial charge >= 0.3 is 5.97 Å². The van der Waals surface area contributed by atoms with E-state index >= 15 is 0 Å². The van der Waals surface area contributed by atoms with Gasteiger partial charge in [-0.15, -0.1) is 0 Å². The first-order chi connectivity index (χ1) is 13.7. The van der Waals surface area contributed by atoms with Gasteiger partial charge in [-0.25, -0.2) is 14.8 Å². The van der Waals surface area contributed by atoms with Crippen molar-refractivity contribution in [1.82, 2.24) is 14.5 Å². The highest BCUT2D eigenvalue weighted by atomic mass is 16.5. The molecule has 0 saturated carbocycles. The van der Waals surface area contributed by atoms with Crippen LogP contribution in [0, 0.1) is 0 Å². The molecule has 2 heterocycles. The van der Waals surface area contributed by atoms with Crippen LogP contribution >= 0.6 is 0 Å². The number of nitrogen functional groups attached to an aromatic ring is 1. The van der Waals surface area contributed by atoms with Gasteiger partial charge in [0.1, 0.15) is 16.9 Å². The second kappa shape index (κ2) is 9.53. The van der Waals surface area contributed by atoms with Gasteiger partial charge in [-0.05, 0) is 25.0 Å². The predicted molar refractivity (Wildman–Crippen MR) is 113 cm³/mol. The highest BCUT2D eigenvalue weighted by molar-refractivity contribution is 6.08. The van der Waals surface area contributed by atoms with Gasteiger partial charge in [0.05, 0.1) is 17.6 Å². The predicted octanol–water partition coefficient (Wildman–Crippen LogP) is 5.09. The molecule has 6 heteroatoms. The Morgan fingerprint density at radius 1 is 1.00 bits per heavy atom. The fraction of sp³-hybridized carbons (Fsp3) is 0.500. The number of nitrogens with two attached hydrogens (primary N) is 1. The molecule has 0 amide bonds. The number of carbonyl (C=O) groups is 1. The maximum absolute atomic E-state index is 12.8. The lowest BCUT2D eigenvalue weighted by Crippen LogP contribution is -2.11. The van der Waals surface area contributed by atoms with Gasteiger partial charge in [0.25, 0.3) is 0 Å². The summed E-state index contributed by atoms with van der Waals surface area (Å²) in [6.07, 6.45) is 7.40. The summed E-state index contributed by atoms with van der Waals surface area (Å²) in [5.74, 6) is -0.00205. The average molecular weight is 383 g/mol. The normalized spacial score (nSPS) is 11.4. The molecule has 0 saturated heterocycles. The minimum atomic E-state index is -0.405. The smallest absolute Gasteiger partial charge is 0.344 e. The number of aryl methyl sites for hydroxylation is 1. The van der Waals surface area contributed by atoms with E-state index in [2.05, 4.69) is 13.8 Å². The zero-order valence-electron chi connectivity index (χ0n) is 16.9. The summed E-state index contributed by atoms with van der Waals surface area (Å²) in [4.78, 5) is 22.3. The molecule has 2 N–H and O–H groups in total. The van der Waals surface area contributed by atoms with Crippen LogP contribution in [-0.4, -0.2) is 27.1 Å². The quantitative estimate of drug-likeness (QED) is 0.390. The van der Waals surface area contributed by atoms with E-state index in [1.54, 1.807) is 0 Å². The molecular weight excluding hydrogens is 352 g/mol. The Hall–Kier alpha value is -2.63. The van der Waals surface area contributed by atoms with Gasteiger partial charge in [-0.1, -0.05) is 58.1 Å². The Morgan fingerprint density at radius 2 is 1.68 bits per heavy atom. The zero-order chi connectivity index (χ0) is 19.9. The molecule has 0 bridgehead atoms. The van der Waals surface area contributed by atoms with Crippen LogP contribution in [0.1, 0.15) is 69.2 Å². The summed E-state index contributed by atoms with van der Waals surface area (Å²) in [6.45, 7) is 5.43. The van der Waals surface area contributed by atoms with E-state index < -0.39 is 5.97 Å². The maximum atomic E-state index is 12.8. The maximum Gasteiger partial charge on any atom is 0.344 e. The summed E-state index contributed by atoms with van der Waals surface area (Å²) in [5, 5.41) is 0. The number of ether oxygens (including phenoxy) is 1. The van der Waals surface area contributed by atoms with Crippen molar-refractivity contribution in [3.63, 3.8) is 0 Å². The van der Waals surface area contributed by atoms with Gasteiger partial charge in [-0.2, -0.15) is 0 Å². The summed E-state index contributed by atoms with van der Waals surface area (Å²) in [5.41, 5.74) is 9.48. The molecule has 1 aromatic carbocycles. The third-order valence-electron chi connectivity index (χ3n) is 5.01. The van der Waals surface area contributed by atoms with Crippen LogP contribution in [-0.2, 0) is 11.3 Å². The largest absolute Gasteiger partial charge is 0.462 e. The standard InChI is InChI=1S/C22H30N4O2/c1-3-5-7-11-15-28-22(27)18-19-21(26(20(18)23)14-10-6-4-2)25-17-13-9-8-12-16(17)24-19/h8-9,12-13H,3-7,10-11,14-15,23H2,1-2H3. The Morgan fingerprint density at radius 3 is 2.39 bits per heavy atom. The number of benzene rings is 1. The van der Waals surface area contributed by atoms with Crippen molar-refractivity contribution in [2.75, 3.05) is 12.3 Å². The lowest BCUT2D eigenvalue weighted by atomic mass is 10.2. The molecular formula is C22H30N4O2. The van der Waals surface area contributed by atoms with Gasteiger partial charge in [0, 0.05) is 6.54 Å². The zero-order valence-corrected chi connectivity index (χ0v) is 16.9. The molecule has 3 aromatic rings. The Labute approximate surface area is 166 Å². The second-order valence-electron chi connectivity index (χ2n) is 7.20. The van der Waals surface area contributed by atoms with Crippen molar-refractivity contribution in [2.24, 2.45) is 0 Å². The number of esters is 1. The summed E-state index contributed by atoms with van der Waals surface area (Å²) in [6, 6.07) is 7.66. The first-order valence-electron chi connectivity index (χ1n) is 10.4. The molecule has 0 aliphatic heterocycles. The molecule has 0 aliphatic carbocycles. The number of unbranched alkanes of at least 4 members (excludes halogenated alkanes) is 5. The molecule has 0 fully saturated rings. The SMILES string of the molecule is CCCCCCOC(=O)c1c(N)n(CCCCC)c2nc3ccccc3nc12. The topological polar surface area (TPSA) is 83.0 Å². The lowest BCUT2D eigenvalue weighted by Gasteiger charge is -2.07. The molecule has 0 radical (unpaired) electrons. The molecule has 0 unspecified atom stereocenters. The fourth-order valence-electron chi connectivity index (χ4n) is 3.43. The number of fused-ring (bicyclic) bond motifs is 2. The number of rotatable bonds is 10. The van der Waals surface area contributed by atoms with Crippen molar-refractivity contribution < 1.29 is 9.53 Å². The average Bonchev–Trinajstić information content (AvgIpc) is 2.97. The van der Waals surface area contributed by atoms with Crippen molar-refractivity contribution in [1.29, 1.82) is 0 Å². The van der Waals surface area contributed by atoms with Crippen molar-refractivity contribution >= 4 is 34.0 Å². The number of aromatic nitrogens is 3. The molecule has 0 spiro atoms. The molecule has 150 valence electrons. The van der Waals surface area contributed by atoms with Gasteiger partial charge < -0.3 is 15.0 Å². The molecule has 28 heavy (non-hydrogen) atoms. The van der Waals surface area contributed by atoms with Crippen LogP contribution < -0.4 is 5.73 Å². The first-order valence-corrected chi connectivity index (χ1v) is 10.4. The van der Waals surface area contributed by atoms with Crippen LogP contribution in [0.2, 0.25) is 0 Å². The van der Waals surface area contributed by atoms with Crippen molar-refractivity contribution in [3.8, 4) is 0 Å². The van der Waals surface area contributed by atoms with E-state index in [1.807, 2.05) is 28.8 Å². The first kappa shape index (κ1) is 20.1. The van der Waals surface area contributed by atoms with E-state index in [0.717, 1.165) is 56.0 Å². The fourth-order valence-corrected chi connectivity index (χ4v) is 3.43. The van der Waals surface area contributed by atoms with Crippen LogP contribution in [0.15, 0.2) is 24.3 Å². The van der Waals surface area contributed by atoms with Gasteiger partial charge in [0.2, 0.25) is 0 Å². The van der Waals surface area contributed by atoms with Crippen molar-refractivity contribution in [2.45, 2.75) is 65.3 Å². The molecule has 6 nitrogen and oxygen atoms in total. The molecule has 2 aromatic heterocycles. The van der Waals surface area contributed by atoms with Gasteiger partial charge in [0.15, 0.2) is 5.65 Å². The number of hydrogen-bond donors (Lipinski definition) is 1. The third kappa shape index (κ3) is 4.26. The van der Waals surface area contributed by atoms with Crippen LogP contribution in [0.3, 0.4) is 0 Å². The number of para-hydroxylation sites is 2. The number of carbonyl (C=O) groups excluding carboxylic acids is 1. The monoisotopic (exact) mass is 382 g/mol. The van der Waals surface area contributed by atoms with Crippen LogP contribution in [0.4, 0.5) is 5.82 Å². The summed E-state index contributed by atoms with van der Waals surface area (Å²) in [7, 11) is 0.